The lowest BCUT2D eigenvalue weighted by Gasteiger charge is -2.22. The summed E-state index contributed by atoms with van der Waals surface area (Å²) >= 11 is 0. The molecule has 0 radical (unpaired) electrons. The molecule has 140 valence electrons. The molecule has 25 heavy (non-hydrogen) atoms. The number of rotatable bonds is 5. The minimum Gasteiger partial charge on any atom is -0.388 e. The standard InChI is InChI=1S/C18H26F3N3O/c1-3-22-16(23-12-17(25)9-4-5-10-17)24-13(2)14-7-6-8-15(11-14)18(19,20)21/h6-8,11,13,25H,3-5,9-10,12H2,1-2H3,(H2,22,23,24). The van der Waals surface area contributed by atoms with Gasteiger partial charge in [-0.1, -0.05) is 25.0 Å². The molecule has 1 fully saturated rings. The number of guanidine groups is 1. The average molecular weight is 357 g/mol. The fourth-order valence-electron chi connectivity index (χ4n) is 3.01. The topological polar surface area (TPSA) is 56.7 Å². The Bertz CT molecular complexity index is 595. The second-order valence-electron chi connectivity index (χ2n) is 6.62. The Kier molecular flexibility index (Phi) is 6.32. The van der Waals surface area contributed by atoms with E-state index in [9.17, 15) is 18.3 Å². The number of hydrogen-bond acceptors (Lipinski definition) is 2. The highest BCUT2D eigenvalue weighted by atomic mass is 19.4. The van der Waals surface area contributed by atoms with Crippen LogP contribution in [-0.4, -0.2) is 29.8 Å². The van der Waals surface area contributed by atoms with Gasteiger partial charge in [0.05, 0.1) is 23.8 Å². The molecule has 1 aromatic rings. The Balaban J connectivity index is 2.08. The zero-order valence-corrected chi connectivity index (χ0v) is 14.7. The highest BCUT2D eigenvalue weighted by Crippen LogP contribution is 2.31. The molecule has 7 heteroatoms. The van der Waals surface area contributed by atoms with Crippen molar-refractivity contribution in [1.82, 2.24) is 10.6 Å². The molecule has 1 unspecified atom stereocenters. The first-order chi connectivity index (χ1) is 11.7. The number of alkyl halides is 3. The van der Waals surface area contributed by atoms with Gasteiger partial charge in [0.15, 0.2) is 5.96 Å². The monoisotopic (exact) mass is 357 g/mol. The first-order valence-corrected chi connectivity index (χ1v) is 8.68. The van der Waals surface area contributed by atoms with Gasteiger partial charge in [-0.2, -0.15) is 13.2 Å². The SMILES string of the molecule is CCNC(=NCC1(O)CCCC1)NC(C)c1cccc(C(F)(F)F)c1. The first kappa shape index (κ1) is 19.6. The maximum Gasteiger partial charge on any atom is 0.416 e. The van der Waals surface area contributed by atoms with Crippen LogP contribution in [0, 0.1) is 0 Å². The van der Waals surface area contributed by atoms with Crippen molar-refractivity contribution < 1.29 is 18.3 Å². The molecule has 3 N–H and O–H groups in total. The third-order valence-corrected chi connectivity index (χ3v) is 4.48. The summed E-state index contributed by atoms with van der Waals surface area (Å²) in [5, 5.41) is 16.6. The van der Waals surface area contributed by atoms with Crippen LogP contribution in [0.1, 0.15) is 56.7 Å². The number of aliphatic hydroxyl groups is 1. The van der Waals surface area contributed by atoms with Crippen molar-refractivity contribution in [2.75, 3.05) is 13.1 Å². The third-order valence-electron chi connectivity index (χ3n) is 4.48. The zero-order valence-electron chi connectivity index (χ0n) is 14.7. The minimum absolute atomic E-state index is 0.289. The molecule has 0 aromatic heterocycles. The predicted octanol–water partition coefficient (Wildman–Crippen LogP) is 3.63. The average Bonchev–Trinajstić information content (AvgIpc) is 2.99. The van der Waals surface area contributed by atoms with Gasteiger partial charge in [-0.25, -0.2) is 0 Å². The van der Waals surface area contributed by atoms with Crippen molar-refractivity contribution in [3.8, 4) is 0 Å². The van der Waals surface area contributed by atoms with Crippen LogP contribution in [0.4, 0.5) is 13.2 Å². The number of nitrogens with one attached hydrogen (secondary N) is 2. The van der Waals surface area contributed by atoms with Crippen molar-refractivity contribution in [3.05, 3.63) is 35.4 Å². The highest BCUT2D eigenvalue weighted by molar-refractivity contribution is 5.80. The van der Waals surface area contributed by atoms with Crippen LogP contribution in [-0.2, 0) is 6.18 Å². The maximum absolute atomic E-state index is 12.9. The van der Waals surface area contributed by atoms with Gasteiger partial charge in [-0.05, 0) is 44.4 Å². The third kappa shape index (κ3) is 5.63. The summed E-state index contributed by atoms with van der Waals surface area (Å²) in [5.74, 6) is 0.493. The molecule has 0 aliphatic heterocycles. The molecular formula is C18H26F3N3O. The lowest BCUT2D eigenvalue weighted by Crippen LogP contribution is -2.40. The van der Waals surface area contributed by atoms with E-state index in [0.717, 1.165) is 37.8 Å². The fourth-order valence-corrected chi connectivity index (χ4v) is 3.01. The Labute approximate surface area is 146 Å². The summed E-state index contributed by atoms with van der Waals surface area (Å²) in [6.45, 7) is 4.61. The lowest BCUT2D eigenvalue weighted by atomic mass is 10.0. The Morgan fingerprint density at radius 2 is 2.00 bits per heavy atom. The summed E-state index contributed by atoms with van der Waals surface area (Å²) in [4.78, 5) is 4.43. The molecule has 2 rings (SSSR count). The molecule has 1 saturated carbocycles. The normalized spacial score (nSPS) is 18.9. The van der Waals surface area contributed by atoms with E-state index in [4.69, 9.17) is 0 Å². The summed E-state index contributed by atoms with van der Waals surface area (Å²) < 4.78 is 38.6. The van der Waals surface area contributed by atoms with Crippen molar-refractivity contribution >= 4 is 5.96 Å². The summed E-state index contributed by atoms with van der Waals surface area (Å²) in [6.07, 6.45) is -0.897. The van der Waals surface area contributed by atoms with Gasteiger partial charge in [-0.3, -0.25) is 4.99 Å². The quantitative estimate of drug-likeness (QED) is 0.557. The largest absolute Gasteiger partial charge is 0.416 e. The molecule has 0 amide bonds. The van der Waals surface area contributed by atoms with Gasteiger partial charge in [0.1, 0.15) is 0 Å². The molecule has 4 nitrogen and oxygen atoms in total. The van der Waals surface area contributed by atoms with E-state index in [0.29, 0.717) is 18.1 Å². The van der Waals surface area contributed by atoms with Gasteiger partial charge < -0.3 is 15.7 Å². The summed E-state index contributed by atoms with van der Waals surface area (Å²) in [5.41, 5.74) is -0.900. The summed E-state index contributed by atoms with van der Waals surface area (Å²) in [7, 11) is 0. The maximum atomic E-state index is 12.9. The van der Waals surface area contributed by atoms with Crippen LogP contribution in [0.15, 0.2) is 29.3 Å². The van der Waals surface area contributed by atoms with Gasteiger partial charge in [-0.15, -0.1) is 0 Å². The molecule has 0 bridgehead atoms. The number of aliphatic imine (C=N–C) groups is 1. The van der Waals surface area contributed by atoms with Crippen LogP contribution < -0.4 is 10.6 Å². The smallest absolute Gasteiger partial charge is 0.388 e. The highest BCUT2D eigenvalue weighted by Gasteiger charge is 2.31. The van der Waals surface area contributed by atoms with Crippen LogP contribution >= 0.6 is 0 Å². The van der Waals surface area contributed by atoms with Crippen molar-refractivity contribution in [1.29, 1.82) is 0 Å². The van der Waals surface area contributed by atoms with Gasteiger partial charge in [0.25, 0.3) is 0 Å². The molecule has 1 atom stereocenters. The second-order valence-corrected chi connectivity index (χ2v) is 6.62. The van der Waals surface area contributed by atoms with E-state index in [1.54, 1.807) is 13.0 Å². The predicted molar refractivity (Wildman–Crippen MR) is 92.4 cm³/mol. The Morgan fingerprint density at radius 1 is 1.32 bits per heavy atom. The van der Waals surface area contributed by atoms with E-state index < -0.39 is 17.3 Å². The van der Waals surface area contributed by atoms with Gasteiger partial charge in [0, 0.05) is 6.54 Å². The first-order valence-electron chi connectivity index (χ1n) is 8.68. The Morgan fingerprint density at radius 3 is 2.60 bits per heavy atom. The van der Waals surface area contributed by atoms with E-state index in [-0.39, 0.29) is 12.6 Å². The van der Waals surface area contributed by atoms with E-state index >= 15 is 0 Å². The van der Waals surface area contributed by atoms with Crippen molar-refractivity contribution in [2.24, 2.45) is 4.99 Å². The molecule has 1 aliphatic carbocycles. The molecule has 1 aliphatic rings. The number of halogens is 3. The van der Waals surface area contributed by atoms with Crippen LogP contribution in [0.3, 0.4) is 0 Å². The van der Waals surface area contributed by atoms with E-state index in [1.165, 1.54) is 6.07 Å². The lowest BCUT2D eigenvalue weighted by molar-refractivity contribution is -0.137. The van der Waals surface area contributed by atoms with Gasteiger partial charge in [0.2, 0.25) is 0 Å². The van der Waals surface area contributed by atoms with Crippen LogP contribution in [0.2, 0.25) is 0 Å². The number of hydrogen-bond donors (Lipinski definition) is 3. The van der Waals surface area contributed by atoms with Gasteiger partial charge >= 0.3 is 6.18 Å². The zero-order chi connectivity index (χ0) is 18.5. The molecule has 0 heterocycles. The van der Waals surface area contributed by atoms with Crippen molar-refractivity contribution in [2.45, 2.75) is 57.3 Å². The molecule has 0 saturated heterocycles. The van der Waals surface area contributed by atoms with Crippen LogP contribution in [0.25, 0.3) is 0 Å². The van der Waals surface area contributed by atoms with E-state index in [1.807, 2.05) is 6.92 Å². The van der Waals surface area contributed by atoms with Crippen LogP contribution in [0.5, 0.6) is 0 Å². The summed E-state index contributed by atoms with van der Waals surface area (Å²) in [6, 6.07) is 4.91. The molecular weight excluding hydrogens is 331 g/mol. The van der Waals surface area contributed by atoms with E-state index in [2.05, 4.69) is 15.6 Å². The Hall–Kier alpha value is -1.76. The minimum atomic E-state index is -4.36. The second kappa shape index (κ2) is 8.08. The van der Waals surface area contributed by atoms with Crippen molar-refractivity contribution in [3.63, 3.8) is 0 Å². The molecule has 1 aromatic carbocycles. The molecule has 0 spiro atoms. The number of benzene rings is 1. The fraction of sp³-hybridized carbons (Fsp3) is 0.611. The number of nitrogens with zero attached hydrogens (tertiary/aromatic N) is 1.